The first-order chi connectivity index (χ1) is 16.0. The van der Waals surface area contributed by atoms with E-state index in [1.165, 1.54) is 38.2 Å². The summed E-state index contributed by atoms with van der Waals surface area (Å²) < 4.78 is 0. The smallest absolute Gasteiger partial charge is 0.251 e. The fourth-order valence-corrected chi connectivity index (χ4v) is 3.95. The molecule has 0 spiro atoms. The summed E-state index contributed by atoms with van der Waals surface area (Å²) in [6.45, 7) is 1.80. The molecule has 2 aromatic carbocycles. The molecule has 0 aromatic heterocycles. The second-order valence-corrected chi connectivity index (χ2v) is 8.53. The maximum atomic E-state index is 12.4. The Bertz CT molecular complexity index is 982. The van der Waals surface area contributed by atoms with E-state index in [1.807, 2.05) is 12.1 Å². The van der Waals surface area contributed by atoms with Crippen LogP contribution in [0.3, 0.4) is 0 Å². The zero-order valence-corrected chi connectivity index (χ0v) is 19.0. The number of amides is 1. The van der Waals surface area contributed by atoms with Gasteiger partial charge in [0, 0.05) is 22.7 Å². The predicted octanol–water partition coefficient (Wildman–Crippen LogP) is 2.20. The molecule has 33 heavy (non-hydrogen) atoms. The first-order valence-electron chi connectivity index (χ1n) is 11.5. The van der Waals surface area contributed by atoms with Gasteiger partial charge in [-0.15, -0.1) is 0 Å². The molecule has 6 nitrogen and oxygen atoms in total. The molecule has 1 fully saturated rings. The number of hydrogen-bond donors (Lipinski definition) is 4. The van der Waals surface area contributed by atoms with Gasteiger partial charge in [-0.3, -0.25) is 9.59 Å². The Labute approximate surface area is 195 Å². The highest BCUT2D eigenvalue weighted by atomic mass is 16.3. The number of hydrogen-bond acceptors (Lipinski definition) is 5. The lowest BCUT2D eigenvalue weighted by Crippen LogP contribution is -2.48. The zero-order chi connectivity index (χ0) is 23.6. The molecule has 0 aliphatic carbocycles. The SMILES string of the molecule is C[C@@H](O)[C@H](NC(=O)c1ccc(C#Cc2ccc(CCC[C@@H]3CCCN3)cc2)cc1)C(=O)CO. The van der Waals surface area contributed by atoms with Gasteiger partial charge >= 0.3 is 0 Å². The lowest BCUT2D eigenvalue weighted by Gasteiger charge is -2.19. The molecular weight excluding hydrogens is 416 g/mol. The quantitative estimate of drug-likeness (QED) is 0.441. The van der Waals surface area contributed by atoms with Crippen molar-refractivity contribution in [2.24, 2.45) is 0 Å². The second-order valence-electron chi connectivity index (χ2n) is 8.53. The summed E-state index contributed by atoms with van der Waals surface area (Å²) in [5.41, 5.74) is 3.36. The van der Waals surface area contributed by atoms with Crippen LogP contribution >= 0.6 is 0 Å². The minimum Gasteiger partial charge on any atom is -0.391 e. The van der Waals surface area contributed by atoms with E-state index in [1.54, 1.807) is 24.3 Å². The van der Waals surface area contributed by atoms with E-state index in [2.05, 4.69) is 34.6 Å². The summed E-state index contributed by atoms with van der Waals surface area (Å²) in [5.74, 6) is 5.10. The molecule has 1 aliphatic rings. The van der Waals surface area contributed by atoms with Crippen LogP contribution in [0.1, 0.15) is 59.7 Å². The standard InChI is InChI=1S/C27H32N2O4/c1-19(31)26(25(32)18-30)29-27(33)23-15-13-22(14-16-23)12-11-21-9-7-20(8-10-21)4-2-5-24-6-3-17-28-24/h7-10,13-16,19,24,26,28,30-31H,2-6,17-18H2,1H3,(H,29,33)/t19-,24-,26+/m1/s1. The molecule has 1 aliphatic heterocycles. The van der Waals surface area contributed by atoms with Crippen molar-refractivity contribution in [1.29, 1.82) is 0 Å². The van der Waals surface area contributed by atoms with Crippen molar-refractivity contribution in [2.75, 3.05) is 13.2 Å². The van der Waals surface area contributed by atoms with Crippen LogP contribution < -0.4 is 10.6 Å². The number of rotatable bonds is 9. The number of aryl methyl sites for hydroxylation is 1. The largest absolute Gasteiger partial charge is 0.391 e. The molecule has 3 rings (SSSR count). The van der Waals surface area contributed by atoms with Gasteiger partial charge in [0.2, 0.25) is 0 Å². The van der Waals surface area contributed by atoms with E-state index in [0.717, 1.165) is 24.1 Å². The predicted molar refractivity (Wildman–Crippen MR) is 128 cm³/mol. The second kappa shape index (κ2) is 12.3. The maximum Gasteiger partial charge on any atom is 0.251 e. The molecule has 6 heteroatoms. The number of carbonyl (C=O) groups is 2. The monoisotopic (exact) mass is 448 g/mol. The molecule has 0 radical (unpaired) electrons. The van der Waals surface area contributed by atoms with Crippen LogP contribution in [0.25, 0.3) is 0 Å². The fourth-order valence-electron chi connectivity index (χ4n) is 3.95. The normalized spacial score (nSPS) is 17.0. The highest BCUT2D eigenvalue weighted by molar-refractivity contribution is 5.98. The number of ketones is 1. The van der Waals surface area contributed by atoms with Crippen LogP contribution in [-0.2, 0) is 11.2 Å². The van der Waals surface area contributed by atoms with Crippen molar-refractivity contribution < 1.29 is 19.8 Å². The third kappa shape index (κ3) is 7.54. The number of aliphatic hydroxyl groups excluding tert-OH is 2. The summed E-state index contributed by atoms with van der Waals surface area (Å²) in [7, 11) is 0. The Kier molecular flexibility index (Phi) is 9.20. The maximum absolute atomic E-state index is 12.4. The number of aliphatic hydroxyl groups is 2. The minimum atomic E-state index is -1.15. The van der Waals surface area contributed by atoms with Crippen LogP contribution in [0, 0.1) is 11.8 Å². The van der Waals surface area contributed by atoms with Crippen LogP contribution in [0.15, 0.2) is 48.5 Å². The van der Waals surface area contributed by atoms with Gasteiger partial charge in [-0.25, -0.2) is 0 Å². The van der Waals surface area contributed by atoms with Crippen LogP contribution in [0.4, 0.5) is 0 Å². The summed E-state index contributed by atoms with van der Waals surface area (Å²) >= 11 is 0. The third-order valence-corrected chi connectivity index (χ3v) is 5.90. The lowest BCUT2D eigenvalue weighted by atomic mass is 10.0. The van der Waals surface area contributed by atoms with Crippen molar-refractivity contribution in [1.82, 2.24) is 10.6 Å². The van der Waals surface area contributed by atoms with Gasteiger partial charge in [-0.1, -0.05) is 24.0 Å². The Balaban J connectivity index is 1.53. The molecule has 3 atom stereocenters. The number of Topliss-reactive ketones (excluding diaryl/α,β-unsaturated/α-hetero) is 1. The summed E-state index contributed by atoms with van der Waals surface area (Å²) in [4.78, 5) is 24.0. The van der Waals surface area contributed by atoms with Gasteiger partial charge < -0.3 is 20.8 Å². The molecule has 1 amide bonds. The summed E-state index contributed by atoms with van der Waals surface area (Å²) in [6, 6.07) is 14.6. The molecule has 1 heterocycles. The van der Waals surface area contributed by atoms with Crippen molar-refractivity contribution in [3.05, 3.63) is 70.8 Å². The van der Waals surface area contributed by atoms with Crippen molar-refractivity contribution >= 4 is 11.7 Å². The van der Waals surface area contributed by atoms with E-state index >= 15 is 0 Å². The van der Waals surface area contributed by atoms with E-state index in [-0.39, 0.29) is 0 Å². The van der Waals surface area contributed by atoms with Crippen LogP contribution in [0.2, 0.25) is 0 Å². The molecule has 2 aromatic rings. The summed E-state index contributed by atoms with van der Waals surface area (Å²) in [6.07, 6.45) is 4.99. The molecule has 0 unspecified atom stereocenters. The third-order valence-electron chi connectivity index (χ3n) is 5.90. The number of benzene rings is 2. The van der Waals surface area contributed by atoms with Crippen LogP contribution in [0.5, 0.6) is 0 Å². The molecule has 0 saturated carbocycles. The van der Waals surface area contributed by atoms with Crippen LogP contribution in [-0.4, -0.2) is 53.2 Å². The van der Waals surface area contributed by atoms with Gasteiger partial charge in [0.15, 0.2) is 5.78 Å². The van der Waals surface area contributed by atoms with Gasteiger partial charge in [0.25, 0.3) is 5.91 Å². The zero-order valence-electron chi connectivity index (χ0n) is 19.0. The Morgan fingerprint density at radius 2 is 1.73 bits per heavy atom. The van der Waals surface area contributed by atoms with E-state index in [4.69, 9.17) is 5.11 Å². The van der Waals surface area contributed by atoms with Gasteiger partial charge in [-0.2, -0.15) is 0 Å². The average molecular weight is 449 g/mol. The molecule has 174 valence electrons. The molecular formula is C27H32N2O4. The van der Waals surface area contributed by atoms with E-state index in [0.29, 0.717) is 11.6 Å². The highest BCUT2D eigenvalue weighted by Gasteiger charge is 2.25. The first-order valence-corrected chi connectivity index (χ1v) is 11.5. The number of carbonyl (C=O) groups excluding carboxylic acids is 2. The van der Waals surface area contributed by atoms with Crippen molar-refractivity contribution in [3.8, 4) is 11.8 Å². The average Bonchev–Trinajstić information content (AvgIpc) is 3.35. The van der Waals surface area contributed by atoms with Gasteiger partial charge in [-0.05, 0) is 87.5 Å². The highest BCUT2D eigenvalue weighted by Crippen LogP contribution is 2.14. The van der Waals surface area contributed by atoms with E-state index in [9.17, 15) is 14.7 Å². The van der Waals surface area contributed by atoms with Crippen molar-refractivity contribution in [2.45, 2.75) is 57.2 Å². The molecule has 1 saturated heterocycles. The first kappa shape index (κ1) is 24.7. The Hall–Kier alpha value is -2.98. The van der Waals surface area contributed by atoms with Gasteiger partial charge in [0.05, 0.1) is 6.10 Å². The molecule has 4 N–H and O–H groups in total. The Morgan fingerprint density at radius 1 is 1.09 bits per heavy atom. The van der Waals surface area contributed by atoms with Gasteiger partial charge in [0.1, 0.15) is 12.6 Å². The number of nitrogens with one attached hydrogen (secondary N) is 2. The minimum absolute atomic E-state index is 0.342. The summed E-state index contributed by atoms with van der Waals surface area (Å²) in [5, 5.41) is 24.7. The molecule has 0 bridgehead atoms. The van der Waals surface area contributed by atoms with E-state index < -0.39 is 30.4 Å². The Morgan fingerprint density at radius 3 is 2.27 bits per heavy atom. The lowest BCUT2D eigenvalue weighted by molar-refractivity contribution is -0.125. The fraction of sp³-hybridized carbons (Fsp3) is 0.407. The topological polar surface area (TPSA) is 98.7 Å². The van der Waals surface area contributed by atoms with Crippen molar-refractivity contribution in [3.63, 3.8) is 0 Å².